The quantitative estimate of drug-likeness (QED) is 0.667. The topological polar surface area (TPSA) is 64.9 Å². The number of nitrogens with one attached hydrogen (secondary N) is 1. The average Bonchev–Trinajstić information content (AvgIpc) is 3.15. The van der Waals surface area contributed by atoms with Gasteiger partial charge in [-0.05, 0) is 55.7 Å². The Morgan fingerprint density at radius 3 is 2.79 bits per heavy atom. The van der Waals surface area contributed by atoms with Crippen LogP contribution in [0.3, 0.4) is 0 Å². The molecule has 2 aromatic carbocycles. The molecular weight excluding hydrogens is 355 g/mol. The number of imidazole rings is 1. The molecule has 0 aliphatic carbocycles. The summed E-state index contributed by atoms with van der Waals surface area (Å²) in [6.45, 7) is 2.11. The molecule has 1 fully saturated rings. The number of aromatic amines is 1. The summed E-state index contributed by atoms with van der Waals surface area (Å²) in [5.41, 5.74) is 3.46. The van der Waals surface area contributed by atoms with E-state index in [1.807, 2.05) is 12.1 Å². The minimum Gasteiger partial charge on any atom is -0.496 e. The minimum absolute atomic E-state index is 0.347. The minimum atomic E-state index is -0.347. The van der Waals surface area contributed by atoms with E-state index in [-0.39, 0.29) is 5.82 Å². The Balaban J connectivity index is 1.69. The standard InChI is InChI=1S/C22H21FN4O/c1-28-21-13-18(27-9-3-2-4-10-27)7-5-15(21)11-16(14-24)22-25-19-8-6-17(23)12-20(19)26-22/h5-8,11-13H,2-4,9-10H2,1H3,(H,25,26)/b16-11-. The van der Waals surface area contributed by atoms with E-state index in [4.69, 9.17) is 4.74 Å². The van der Waals surface area contributed by atoms with Crippen molar-refractivity contribution in [2.45, 2.75) is 19.3 Å². The Morgan fingerprint density at radius 2 is 2.04 bits per heavy atom. The first kappa shape index (κ1) is 18.1. The van der Waals surface area contributed by atoms with Crippen molar-refractivity contribution in [2.24, 2.45) is 0 Å². The smallest absolute Gasteiger partial charge is 0.149 e. The van der Waals surface area contributed by atoms with Gasteiger partial charge in [0.25, 0.3) is 0 Å². The van der Waals surface area contributed by atoms with Gasteiger partial charge in [-0.25, -0.2) is 9.37 Å². The zero-order valence-electron chi connectivity index (χ0n) is 15.7. The highest BCUT2D eigenvalue weighted by atomic mass is 19.1. The molecule has 0 unspecified atom stereocenters. The molecule has 1 N–H and O–H groups in total. The molecule has 0 amide bonds. The Morgan fingerprint density at radius 1 is 1.21 bits per heavy atom. The lowest BCUT2D eigenvalue weighted by Crippen LogP contribution is -2.29. The molecule has 0 radical (unpaired) electrons. The second-order valence-corrected chi connectivity index (χ2v) is 6.89. The molecule has 1 aliphatic heterocycles. The van der Waals surface area contributed by atoms with Gasteiger partial charge in [0, 0.05) is 30.4 Å². The largest absolute Gasteiger partial charge is 0.496 e. The van der Waals surface area contributed by atoms with E-state index in [9.17, 15) is 9.65 Å². The van der Waals surface area contributed by atoms with Crippen LogP contribution in [-0.4, -0.2) is 30.2 Å². The molecule has 6 heteroatoms. The summed E-state index contributed by atoms with van der Waals surface area (Å²) in [6, 6.07) is 12.5. The number of ether oxygens (including phenoxy) is 1. The van der Waals surface area contributed by atoms with Crippen LogP contribution in [0.4, 0.5) is 10.1 Å². The van der Waals surface area contributed by atoms with E-state index >= 15 is 0 Å². The SMILES string of the molecule is COc1cc(N2CCCCC2)ccc1/C=C(/C#N)c1nc2ccc(F)cc2[nH]1. The molecule has 1 aliphatic rings. The van der Waals surface area contributed by atoms with Crippen molar-refractivity contribution in [2.75, 3.05) is 25.1 Å². The van der Waals surface area contributed by atoms with Gasteiger partial charge in [0.15, 0.2) is 0 Å². The molecule has 4 rings (SSSR count). The van der Waals surface area contributed by atoms with Gasteiger partial charge in [0.05, 0.1) is 23.7 Å². The van der Waals surface area contributed by atoms with Gasteiger partial charge in [-0.2, -0.15) is 5.26 Å². The molecule has 5 nitrogen and oxygen atoms in total. The second kappa shape index (κ2) is 7.73. The van der Waals surface area contributed by atoms with E-state index in [0.717, 1.165) is 24.3 Å². The predicted molar refractivity (Wildman–Crippen MR) is 109 cm³/mol. The number of aromatic nitrogens is 2. The van der Waals surface area contributed by atoms with Crippen molar-refractivity contribution in [3.8, 4) is 11.8 Å². The number of rotatable bonds is 4. The zero-order chi connectivity index (χ0) is 19.5. The van der Waals surface area contributed by atoms with Crippen molar-refractivity contribution < 1.29 is 9.13 Å². The number of H-pyrrole nitrogens is 1. The number of hydrogen-bond acceptors (Lipinski definition) is 4. The Hall–Kier alpha value is -3.33. The van der Waals surface area contributed by atoms with Gasteiger partial charge in [-0.3, -0.25) is 0 Å². The first-order chi connectivity index (χ1) is 13.7. The third-order valence-electron chi connectivity index (χ3n) is 5.06. The summed E-state index contributed by atoms with van der Waals surface area (Å²) in [4.78, 5) is 9.78. The Labute approximate surface area is 163 Å². The van der Waals surface area contributed by atoms with E-state index in [1.165, 1.54) is 31.4 Å². The third-order valence-corrected chi connectivity index (χ3v) is 5.06. The highest BCUT2D eigenvalue weighted by Crippen LogP contribution is 2.30. The fraction of sp³-hybridized carbons (Fsp3) is 0.273. The van der Waals surface area contributed by atoms with Crippen molar-refractivity contribution in [3.63, 3.8) is 0 Å². The molecule has 0 atom stereocenters. The molecule has 2 heterocycles. The van der Waals surface area contributed by atoms with Crippen LogP contribution in [0.2, 0.25) is 0 Å². The average molecular weight is 376 g/mol. The van der Waals surface area contributed by atoms with E-state index in [0.29, 0.717) is 28.2 Å². The van der Waals surface area contributed by atoms with E-state index in [1.54, 1.807) is 19.3 Å². The van der Waals surface area contributed by atoms with Crippen LogP contribution in [-0.2, 0) is 0 Å². The van der Waals surface area contributed by atoms with Crippen LogP contribution in [0.1, 0.15) is 30.7 Å². The fourth-order valence-corrected chi connectivity index (χ4v) is 3.59. The van der Waals surface area contributed by atoms with Crippen molar-refractivity contribution in [1.29, 1.82) is 5.26 Å². The summed E-state index contributed by atoms with van der Waals surface area (Å²) in [5.74, 6) is 0.767. The molecule has 142 valence electrons. The first-order valence-corrected chi connectivity index (χ1v) is 9.38. The molecule has 0 bridgehead atoms. The second-order valence-electron chi connectivity index (χ2n) is 6.89. The third kappa shape index (κ3) is 3.56. The Bertz CT molecular complexity index is 1070. The van der Waals surface area contributed by atoms with Crippen molar-refractivity contribution in [3.05, 3.63) is 53.6 Å². The van der Waals surface area contributed by atoms with Gasteiger partial charge < -0.3 is 14.6 Å². The highest BCUT2D eigenvalue weighted by molar-refractivity contribution is 5.91. The molecule has 0 saturated carbocycles. The summed E-state index contributed by atoms with van der Waals surface area (Å²) in [5, 5.41) is 9.64. The van der Waals surface area contributed by atoms with Crippen LogP contribution in [0.5, 0.6) is 5.75 Å². The van der Waals surface area contributed by atoms with Crippen LogP contribution >= 0.6 is 0 Å². The molecule has 28 heavy (non-hydrogen) atoms. The van der Waals surface area contributed by atoms with Gasteiger partial charge in [0.1, 0.15) is 23.5 Å². The number of halogens is 1. The molecule has 1 saturated heterocycles. The van der Waals surface area contributed by atoms with Crippen molar-refractivity contribution >= 4 is 28.4 Å². The lowest BCUT2D eigenvalue weighted by Gasteiger charge is -2.29. The monoisotopic (exact) mass is 376 g/mol. The molecule has 1 aromatic heterocycles. The summed E-state index contributed by atoms with van der Waals surface area (Å²) in [7, 11) is 1.63. The fourth-order valence-electron chi connectivity index (χ4n) is 3.59. The number of nitrogens with zero attached hydrogens (tertiary/aromatic N) is 3. The van der Waals surface area contributed by atoms with Crippen LogP contribution in [0.25, 0.3) is 22.7 Å². The lowest BCUT2D eigenvalue weighted by molar-refractivity contribution is 0.413. The first-order valence-electron chi connectivity index (χ1n) is 9.38. The number of allylic oxidation sites excluding steroid dienone is 1. The molecule has 0 spiro atoms. The normalized spacial score (nSPS) is 14.9. The Kier molecular flexibility index (Phi) is 4.98. The van der Waals surface area contributed by atoms with E-state index < -0.39 is 0 Å². The van der Waals surface area contributed by atoms with Crippen molar-refractivity contribution in [1.82, 2.24) is 9.97 Å². The van der Waals surface area contributed by atoms with E-state index in [2.05, 4.69) is 27.0 Å². The lowest BCUT2D eigenvalue weighted by atomic mass is 10.1. The van der Waals surface area contributed by atoms with Crippen LogP contribution in [0, 0.1) is 17.1 Å². The van der Waals surface area contributed by atoms with Crippen LogP contribution in [0.15, 0.2) is 36.4 Å². The zero-order valence-corrected chi connectivity index (χ0v) is 15.7. The van der Waals surface area contributed by atoms with Gasteiger partial charge in [-0.1, -0.05) is 0 Å². The number of methoxy groups -OCH3 is 1. The predicted octanol–water partition coefficient (Wildman–Crippen LogP) is 4.77. The maximum Gasteiger partial charge on any atom is 0.149 e. The van der Waals surface area contributed by atoms with Gasteiger partial charge in [-0.15, -0.1) is 0 Å². The number of piperidine rings is 1. The number of fused-ring (bicyclic) bond motifs is 1. The maximum atomic E-state index is 13.4. The number of benzene rings is 2. The number of nitriles is 1. The van der Waals surface area contributed by atoms with Crippen LogP contribution < -0.4 is 9.64 Å². The number of hydrogen-bond donors (Lipinski definition) is 1. The van der Waals surface area contributed by atoms with Gasteiger partial charge in [0.2, 0.25) is 0 Å². The highest BCUT2D eigenvalue weighted by Gasteiger charge is 2.14. The molecular formula is C22H21FN4O. The van der Waals surface area contributed by atoms with Gasteiger partial charge >= 0.3 is 0 Å². The summed E-state index contributed by atoms with van der Waals surface area (Å²) in [6.07, 6.45) is 5.43. The molecule has 3 aromatic rings. The number of anilines is 1. The summed E-state index contributed by atoms with van der Waals surface area (Å²) < 4.78 is 19.0. The maximum absolute atomic E-state index is 13.4. The summed E-state index contributed by atoms with van der Waals surface area (Å²) >= 11 is 0.